The van der Waals surface area contributed by atoms with Gasteiger partial charge in [-0.1, -0.05) is 62.7 Å². The minimum atomic E-state index is -5.54. The first kappa shape index (κ1) is 33.8. The van der Waals surface area contributed by atoms with Crippen molar-refractivity contribution in [1.29, 1.82) is 0 Å². The lowest BCUT2D eigenvalue weighted by molar-refractivity contribution is -0.284. The van der Waals surface area contributed by atoms with Crippen molar-refractivity contribution >= 4 is 11.2 Å². The molecule has 1 aromatic rings. The summed E-state index contributed by atoms with van der Waals surface area (Å²) >= 11 is -1.35. The van der Waals surface area contributed by atoms with Crippen LogP contribution in [0.25, 0.3) is 0 Å². The van der Waals surface area contributed by atoms with E-state index in [4.69, 9.17) is 0 Å². The van der Waals surface area contributed by atoms with Crippen LogP contribution in [0.3, 0.4) is 0 Å². The highest BCUT2D eigenvalue weighted by Gasteiger charge is 2.57. The maximum atomic E-state index is 12.9. The molecule has 0 heterocycles. The van der Waals surface area contributed by atoms with Crippen LogP contribution in [0.1, 0.15) is 120 Å². The van der Waals surface area contributed by atoms with E-state index in [0.29, 0.717) is 41.6 Å². The monoisotopic (exact) mass is 620 g/mol. The van der Waals surface area contributed by atoms with Crippen molar-refractivity contribution < 1.29 is 36.7 Å². The second-order valence-electron chi connectivity index (χ2n) is 13.5. The second-order valence-corrected chi connectivity index (χ2v) is 15.2. The van der Waals surface area contributed by atoms with Crippen LogP contribution in [-0.2, 0) is 17.6 Å². The fourth-order valence-corrected chi connectivity index (χ4v) is 9.66. The van der Waals surface area contributed by atoms with E-state index in [0.717, 1.165) is 64.2 Å². The smallest absolute Gasteiger partial charge is 0.453 e. The molecule has 0 spiro atoms. The summed E-state index contributed by atoms with van der Waals surface area (Å²) in [6.07, 6.45) is 7.35. The number of aliphatic hydroxyl groups is 1. The normalized spacial score (nSPS) is 30.0. The maximum Gasteiger partial charge on any atom is 0.453 e. The van der Waals surface area contributed by atoms with Crippen molar-refractivity contribution in [3.63, 3.8) is 0 Å². The molecule has 0 aliphatic heterocycles. The topological polar surface area (TPSA) is 63.5 Å². The molecular formula is C33H49F5O3S. The third-order valence-corrected chi connectivity index (χ3v) is 12.3. The molecule has 2 fully saturated rings. The molecule has 1 aromatic carbocycles. The number of halogens is 5. The number of fused-ring (bicyclic) bond motifs is 5. The molecule has 2 saturated carbocycles. The lowest BCUT2D eigenvalue weighted by atomic mass is 9.52. The van der Waals surface area contributed by atoms with Crippen LogP contribution in [0, 0.1) is 23.2 Å². The molecule has 42 heavy (non-hydrogen) atoms. The summed E-state index contributed by atoms with van der Waals surface area (Å²) < 4.78 is 74.5. The summed E-state index contributed by atoms with van der Waals surface area (Å²) in [4.78, 5) is 0. The minimum absolute atomic E-state index is 0.0300. The van der Waals surface area contributed by atoms with Gasteiger partial charge in [0.1, 0.15) is 17.3 Å². The van der Waals surface area contributed by atoms with Gasteiger partial charge in [0.2, 0.25) is 0 Å². The van der Waals surface area contributed by atoms with Crippen molar-refractivity contribution in [3.8, 4) is 5.75 Å². The molecular weight excluding hydrogens is 571 g/mol. The number of unbranched alkanes of at least 4 members (excludes halogenated alkanes) is 7. The lowest BCUT2D eigenvalue weighted by Crippen LogP contribution is -2.47. The van der Waals surface area contributed by atoms with Crippen LogP contribution in [-0.4, -0.2) is 44.5 Å². The largest absolute Gasteiger partial charge is 0.616 e. The van der Waals surface area contributed by atoms with Gasteiger partial charge in [0.15, 0.2) is 0 Å². The fourth-order valence-electron chi connectivity index (χ4n) is 8.46. The lowest BCUT2D eigenvalue weighted by Gasteiger charge is -2.53. The molecule has 0 saturated heterocycles. The van der Waals surface area contributed by atoms with Gasteiger partial charge in [-0.2, -0.15) is 22.0 Å². The minimum Gasteiger partial charge on any atom is -0.616 e. The van der Waals surface area contributed by atoms with Gasteiger partial charge in [-0.3, -0.25) is 0 Å². The average Bonchev–Trinajstić information content (AvgIpc) is 3.22. The SMILES string of the molecule is C[C@]12CC[C@@H]3c4ccc(O)cc4C[C@@H](CCCCCCCCCC[S+]([O-])CCCC(F)(F)C(F)(F)F)[C@H]3[C@@H]1CC[C@@H]2O. The van der Waals surface area contributed by atoms with E-state index < -0.39 is 36.1 Å². The van der Waals surface area contributed by atoms with E-state index in [-0.39, 0.29) is 17.3 Å². The molecule has 1 unspecified atom stereocenters. The van der Waals surface area contributed by atoms with Gasteiger partial charge in [0.25, 0.3) is 0 Å². The molecule has 0 amide bonds. The van der Waals surface area contributed by atoms with Gasteiger partial charge in [-0.25, -0.2) is 0 Å². The number of rotatable bonds is 15. The Kier molecular flexibility index (Phi) is 11.6. The summed E-state index contributed by atoms with van der Waals surface area (Å²) in [6, 6.07) is 5.95. The van der Waals surface area contributed by atoms with Crippen molar-refractivity contribution in [2.75, 3.05) is 11.5 Å². The Morgan fingerprint density at radius 2 is 1.55 bits per heavy atom. The molecule has 240 valence electrons. The zero-order chi connectivity index (χ0) is 30.5. The summed E-state index contributed by atoms with van der Waals surface area (Å²) in [6.45, 7) is 2.31. The number of benzene rings is 1. The van der Waals surface area contributed by atoms with E-state index in [2.05, 4.69) is 13.0 Å². The van der Waals surface area contributed by atoms with Crippen molar-refractivity contribution in [2.24, 2.45) is 23.2 Å². The highest BCUT2D eigenvalue weighted by atomic mass is 32.2. The van der Waals surface area contributed by atoms with Crippen LogP contribution >= 0.6 is 0 Å². The van der Waals surface area contributed by atoms with Gasteiger partial charge in [-0.15, -0.1) is 0 Å². The third kappa shape index (κ3) is 7.96. The number of phenolic OH excluding ortho intramolecular Hbond substituents is 1. The molecule has 7 atom stereocenters. The highest BCUT2D eigenvalue weighted by molar-refractivity contribution is 7.91. The Morgan fingerprint density at radius 1 is 0.905 bits per heavy atom. The van der Waals surface area contributed by atoms with E-state index in [1.54, 1.807) is 0 Å². The quantitative estimate of drug-likeness (QED) is 0.117. The van der Waals surface area contributed by atoms with Crippen LogP contribution in [0.4, 0.5) is 22.0 Å². The van der Waals surface area contributed by atoms with Gasteiger partial charge in [0.05, 0.1) is 6.10 Å². The summed E-state index contributed by atoms with van der Waals surface area (Å²) in [5.74, 6) is -1.83. The first-order valence-electron chi connectivity index (χ1n) is 16.1. The fraction of sp³-hybridized carbons (Fsp3) is 0.818. The molecule has 9 heteroatoms. The van der Waals surface area contributed by atoms with Gasteiger partial charge in [-0.05, 0) is 110 Å². The Morgan fingerprint density at radius 3 is 2.24 bits per heavy atom. The van der Waals surface area contributed by atoms with Crippen LogP contribution < -0.4 is 0 Å². The molecule has 3 aliphatic rings. The van der Waals surface area contributed by atoms with Gasteiger partial charge in [0, 0.05) is 6.42 Å². The van der Waals surface area contributed by atoms with Crippen LogP contribution in [0.2, 0.25) is 0 Å². The Bertz CT molecular complexity index is 1000. The van der Waals surface area contributed by atoms with Crippen molar-refractivity contribution in [2.45, 2.75) is 134 Å². The number of alkyl halides is 5. The Hall–Kier alpha value is -1.06. The predicted octanol–water partition coefficient (Wildman–Crippen LogP) is 9.07. The second kappa shape index (κ2) is 14.4. The standard InChI is InChI=1S/C33H49F5O3S/c1-31-18-16-27-26-13-12-25(39)22-24(26)21-23(30(27)28(31)14-15-29(31)40)11-8-6-4-2-3-5-7-9-19-42(41)20-10-17-32(34,35)33(36,37)38/h12-13,22-23,27-30,39-40H,2-11,14-21H2,1H3/t23-,27-,28+,29+,30-,31+,42?/m1/s1. The summed E-state index contributed by atoms with van der Waals surface area (Å²) in [5.41, 5.74) is 2.76. The zero-order valence-corrected chi connectivity index (χ0v) is 25.8. The Labute approximate surface area is 251 Å². The first-order chi connectivity index (χ1) is 19.8. The van der Waals surface area contributed by atoms with Crippen molar-refractivity contribution in [1.82, 2.24) is 0 Å². The molecule has 0 radical (unpaired) electrons. The predicted molar refractivity (Wildman–Crippen MR) is 157 cm³/mol. The highest BCUT2D eigenvalue weighted by Crippen LogP contribution is 2.62. The maximum absolute atomic E-state index is 12.9. The number of hydrogen-bond donors (Lipinski definition) is 2. The van der Waals surface area contributed by atoms with E-state index >= 15 is 0 Å². The third-order valence-electron chi connectivity index (χ3n) is 10.8. The number of hydrogen-bond acceptors (Lipinski definition) is 3. The average molecular weight is 621 g/mol. The van der Waals surface area contributed by atoms with E-state index in [9.17, 15) is 36.7 Å². The van der Waals surface area contributed by atoms with Crippen LogP contribution in [0.5, 0.6) is 5.75 Å². The summed E-state index contributed by atoms with van der Waals surface area (Å²) in [7, 11) is 0. The van der Waals surface area contributed by atoms with Crippen LogP contribution in [0.15, 0.2) is 18.2 Å². The van der Waals surface area contributed by atoms with Crippen molar-refractivity contribution in [3.05, 3.63) is 29.3 Å². The number of phenols is 1. The molecule has 0 aromatic heterocycles. The molecule has 2 N–H and O–H groups in total. The van der Waals surface area contributed by atoms with E-state index in [1.165, 1.54) is 30.4 Å². The Balaban J connectivity index is 1.12. The number of aromatic hydroxyl groups is 1. The molecule has 3 nitrogen and oxygen atoms in total. The van der Waals surface area contributed by atoms with Gasteiger partial charge >= 0.3 is 12.1 Å². The zero-order valence-electron chi connectivity index (χ0n) is 24.9. The number of aliphatic hydroxyl groups excluding tert-OH is 1. The first-order valence-corrected chi connectivity index (χ1v) is 17.6. The van der Waals surface area contributed by atoms with Gasteiger partial charge < -0.3 is 14.8 Å². The summed E-state index contributed by atoms with van der Waals surface area (Å²) in [5, 5.41) is 21.0. The molecule has 4 rings (SSSR count). The molecule has 3 aliphatic carbocycles. The van der Waals surface area contributed by atoms with E-state index in [1.807, 2.05) is 12.1 Å². The molecule has 0 bridgehead atoms.